The number of ether oxygens (including phenoxy) is 1. The Morgan fingerprint density at radius 2 is 1.90 bits per heavy atom. The fraction of sp³-hybridized carbons (Fsp3) is 0.857. The van der Waals surface area contributed by atoms with Crippen LogP contribution in [0.25, 0.3) is 0 Å². The van der Waals surface area contributed by atoms with Gasteiger partial charge in [0.2, 0.25) is 11.8 Å². The maximum absolute atomic E-state index is 12.1. The maximum Gasteiger partial charge on any atom is 0.239 e. The molecule has 4 unspecified atom stereocenters. The third-order valence-corrected chi connectivity index (χ3v) is 4.08. The van der Waals surface area contributed by atoms with E-state index in [0.29, 0.717) is 31.4 Å². The van der Waals surface area contributed by atoms with Gasteiger partial charge in [0.1, 0.15) is 0 Å². The monoisotopic (exact) mass is 285 g/mol. The average Bonchev–Trinajstić information content (AvgIpc) is 2.40. The summed E-state index contributed by atoms with van der Waals surface area (Å²) in [7, 11) is 1.57. The van der Waals surface area contributed by atoms with Crippen LogP contribution < -0.4 is 16.4 Å². The minimum atomic E-state index is -0.198. The lowest BCUT2D eigenvalue weighted by Crippen LogP contribution is -2.47. The first kappa shape index (κ1) is 16.9. The minimum Gasteiger partial charge on any atom is -0.383 e. The Bertz CT molecular complexity index is 336. The van der Waals surface area contributed by atoms with Gasteiger partial charge in [0.05, 0.1) is 13.2 Å². The Morgan fingerprint density at radius 3 is 2.55 bits per heavy atom. The SMILES string of the molecule is COCCNC(=O)CNC(=O)C1CC(N)C(C)CC1C. The van der Waals surface area contributed by atoms with Crippen LogP contribution in [0.2, 0.25) is 0 Å². The smallest absolute Gasteiger partial charge is 0.239 e. The van der Waals surface area contributed by atoms with Crippen molar-refractivity contribution in [3.8, 4) is 0 Å². The van der Waals surface area contributed by atoms with Crippen molar-refractivity contribution in [2.24, 2.45) is 23.5 Å². The van der Waals surface area contributed by atoms with Crippen molar-refractivity contribution in [1.29, 1.82) is 0 Å². The number of hydrogen-bond donors (Lipinski definition) is 3. The molecule has 1 aliphatic carbocycles. The lowest BCUT2D eigenvalue weighted by Gasteiger charge is -2.36. The van der Waals surface area contributed by atoms with E-state index in [2.05, 4.69) is 24.5 Å². The molecule has 1 aliphatic rings. The zero-order valence-electron chi connectivity index (χ0n) is 12.6. The van der Waals surface area contributed by atoms with Crippen molar-refractivity contribution in [2.75, 3.05) is 26.8 Å². The first-order valence-corrected chi connectivity index (χ1v) is 7.24. The average molecular weight is 285 g/mol. The third kappa shape index (κ3) is 5.09. The number of methoxy groups -OCH3 is 1. The zero-order valence-corrected chi connectivity index (χ0v) is 12.6. The van der Waals surface area contributed by atoms with E-state index in [-0.39, 0.29) is 30.3 Å². The van der Waals surface area contributed by atoms with Crippen LogP contribution in [0.15, 0.2) is 0 Å². The minimum absolute atomic E-state index is 0.0105. The molecule has 2 amide bonds. The molecule has 0 heterocycles. The Balaban J connectivity index is 2.33. The number of amides is 2. The van der Waals surface area contributed by atoms with E-state index < -0.39 is 0 Å². The second-order valence-corrected chi connectivity index (χ2v) is 5.76. The summed E-state index contributed by atoms with van der Waals surface area (Å²) in [6.45, 7) is 5.12. The summed E-state index contributed by atoms with van der Waals surface area (Å²) < 4.78 is 4.83. The number of carbonyl (C=O) groups excluding carboxylic acids is 2. The first-order valence-electron chi connectivity index (χ1n) is 7.24. The molecule has 20 heavy (non-hydrogen) atoms. The molecule has 4 N–H and O–H groups in total. The predicted octanol–water partition coefficient (Wildman–Crippen LogP) is -0.125. The first-order chi connectivity index (χ1) is 9.45. The Hall–Kier alpha value is -1.14. The summed E-state index contributed by atoms with van der Waals surface area (Å²) >= 11 is 0. The highest BCUT2D eigenvalue weighted by Crippen LogP contribution is 2.32. The van der Waals surface area contributed by atoms with Gasteiger partial charge in [0.25, 0.3) is 0 Å². The summed E-state index contributed by atoms with van der Waals surface area (Å²) in [6, 6.07) is 0.0671. The van der Waals surface area contributed by atoms with Crippen molar-refractivity contribution in [3.05, 3.63) is 0 Å². The maximum atomic E-state index is 12.1. The third-order valence-electron chi connectivity index (χ3n) is 4.08. The van der Waals surface area contributed by atoms with Gasteiger partial charge < -0.3 is 21.1 Å². The highest BCUT2D eigenvalue weighted by molar-refractivity contribution is 5.86. The second kappa shape index (κ2) is 8.21. The van der Waals surface area contributed by atoms with Crippen molar-refractivity contribution < 1.29 is 14.3 Å². The van der Waals surface area contributed by atoms with Gasteiger partial charge in [-0.3, -0.25) is 9.59 Å². The molecular formula is C14H27N3O3. The van der Waals surface area contributed by atoms with E-state index in [9.17, 15) is 9.59 Å². The van der Waals surface area contributed by atoms with Crippen LogP contribution >= 0.6 is 0 Å². The van der Waals surface area contributed by atoms with E-state index >= 15 is 0 Å². The summed E-state index contributed by atoms with van der Waals surface area (Å²) in [5, 5.41) is 5.36. The van der Waals surface area contributed by atoms with Gasteiger partial charge in [-0.15, -0.1) is 0 Å². The molecule has 0 spiro atoms. The van der Waals surface area contributed by atoms with Crippen LogP contribution in [-0.4, -0.2) is 44.7 Å². The largest absolute Gasteiger partial charge is 0.383 e. The molecular weight excluding hydrogens is 258 g/mol. The second-order valence-electron chi connectivity index (χ2n) is 5.76. The number of nitrogens with one attached hydrogen (secondary N) is 2. The molecule has 0 aromatic heterocycles. The summed E-state index contributed by atoms with van der Waals surface area (Å²) in [4.78, 5) is 23.6. The molecule has 4 atom stereocenters. The van der Waals surface area contributed by atoms with Gasteiger partial charge in [0.15, 0.2) is 0 Å². The van der Waals surface area contributed by atoms with E-state index in [1.165, 1.54) is 0 Å². The van der Waals surface area contributed by atoms with Gasteiger partial charge in [-0.25, -0.2) is 0 Å². The Morgan fingerprint density at radius 1 is 1.20 bits per heavy atom. The lowest BCUT2D eigenvalue weighted by molar-refractivity contribution is -0.131. The summed E-state index contributed by atoms with van der Waals surface area (Å²) in [5.74, 6) is 0.402. The van der Waals surface area contributed by atoms with Crippen molar-refractivity contribution in [1.82, 2.24) is 10.6 Å². The van der Waals surface area contributed by atoms with Crippen molar-refractivity contribution in [2.45, 2.75) is 32.7 Å². The molecule has 1 rings (SSSR count). The van der Waals surface area contributed by atoms with Gasteiger partial charge in [-0.1, -0.05) is 13.8 Å². The molecule has 1 saturated carbocycles. The molecule has 0 aliphatic heterocycles. The molecule has 6 heteroatoms. The lowest BCUT2D eigenvalue weighted by atomic mass is 9.72. The Kier molecular flexibility index (Phi) is 6.95. The molecule has 116 valence electrons. The Labute approximate surface area is 120 Å². The fourth-order valence-electron chi connectivity index (χ4n) is 2.70. The number of rotatable bonds is 6. The van der Waals surface area contributed by atoms with E-state index in [4.69, 9.17) is 10.5 Å². The van der Waals surface area contributed by atoms with E-state index in [0.717, 1.165) is 6.42 Å². The van der Waals surface area contributed by atoms with Crippen LogP contribution in [0.1, 0.15) is 26.7 Å². The van der Waals surface area contributed by atoms with Gasteiger partial charge >= 0.3 is 0 Å². The normalized spacial score (nSPS) is 29.8. The van der Waals surface area contributed by atoms with Gasteiger partial charge in [-0.2, -0.15) is 0 Å². The molecule has 0 bridgehead atoms. The summed E-state index contributed by atoms with van der Waals surface area (Å²) in [6.07, 6.45) is 1.65. The number of carbonyl (C=O) groups is 2. The van der Waals surface area contributed by atoms with E-state index in [1.807, 2.05) is 0 Å². The molecule has 0 aromatic rings. The highest BCUT2D eigenvalue weighted by atomic mass is 16.5. The van der Waals surface area contributed by atoms with Gasteiger partial charge in [0, 0.05) is 25.6 Å². The van der Waals surface area contributed by atoms with Crippen molar-refractivity contribution >= 4 is 11.8 Å². The van der Waals surface area contributed by atoms with Gasteiger partial charge in [-0.05, 0) is 24.7 Å². The number of hydrogen-bond acceptors (Lipinski definition) is 4. The van der Waals surface area contributed by atoms with Crippen LogP contribution in [0.3, 0.4) is 0 Å². The van der Waals surface area contributed by atoms with Crippen LogP contribution in [-0.2, 0) is 14.3 Å². The molecule has 0 saturated heterocycles. The standard InChI is InChI=1S/C14H27N3O3/c1-9-6-10(2)12(15)7-11(9)14(19)17-8-13(18)16-4-5-20-3/h9-12H,4-8,15H2,1-3H3,(H,16,18)(H,17,19). The molecule has 0 aromatic carbocycles. The van der Waals surface area contributed by atoms with Crippen LogP contribution in [0.5, 0.6) is 0 Å². The fourth-order valence-corrected chi connectivity index (χ4v) is 2.70. The van der Waals surface area contributed by atoms with Crippen LogP contribution in [0.4, 0.5) is 0 Å². The molecule has 0 radical (unpaired) electrons. The quantitative estimate of drug-likeness (QED) is 0.593. The summed E-state index contributed by atoms with van der Waals surface area (Å²) in [5.41, 5.74) is 6.03. The number of nitrogens with two attached hydrogens (primary N) is 1. The van der Waals surface area contributed by atoms with E-state index in [1.54, 1.807) is 7.11 Å². The predicted molar refractivity (Wildman–Crippen MR) is 76.9 cm³/mol. The van der Waals surface area contributed by atoms with Crippen LogP contribution in [0, 0.1) is 17.8 Å². The zero-order chi connectivity index (χ0) is 15.1. The topological polar surface area (TPSA) is 93.5 Å². The van der Waals surface area contributed by atoms with Crippen molar-refractivity contribution in [3.63, 3.8) is 0 Å². The highest BCUT2D eigenvalue weighted by Gasteiger charge is 2.34. The molecule has 1 fully saturated rings. The molecule has 6 nitrogen and oxygen atoms in total.